The molecule has 0 aliphatic carbocycles. The number of hydrogen-bond donors (Lipinski definition) is 0. The number of rotatable bonds is 7. The van der Waals surface area contributed by atoms with E-state index in [4.69, 9.17) is 4.74 Å². The molecule has 0 unspecified atom stereocenters. The van der Waals surface area contributed by atoms with Crippen LogP contribution in [-0.2, 0) is 10.2 Å². The minimum atomic E-state index is 0. The van der Waals surface area contributed by atoms with Crippen molar-refractivity contribution in [2.75, 3.05) is 67.1 Å². The minimum absolute atomic E-state index is 0. The van der Waals surface area contributed by atoms with Gasteiger partial charge in [0.15, 0.2) is 0 Å². The van der Waals surface area contributed by atoms with Crippen LogP contribution in [0.4, 0.5) is 0 Å². The predicted octanol–water partition coefficient (Wildman–Crippen LogP) is -2.16. The zero-order valence-corrected chi connectivity index (χ0v) is 22.5. The van der Waals surface area contributed by atoms with E-state index in [2.05, 4.69) is 51.5 Å². The highest BCUT2D eigenvalue weighted by molar-refractivity contribution is 5.26. The Kier molecular flexibility index (Phi) is 11.2. The van der Waals surface area contributed by atoms with Crippen molar-refractivity contribution in [2.24, 2.45) is 0 Å². The molecule has 2 fully saturated rings. The van der Waals surface area contributed by atoms with Crippen molar-refractivity contribution in [3.63, 3.8) is 0 Å². The van der Waals surface area contributed by atoms with Crippen molar-refractivity contribution in [3.8, 4) is 0 Å². The molecule has 3 rings (SSSR count). The molecular formula is C23H40I2N2O. The first-order valence-corrected chi connectivity index (χ1v) is 10.7. The summed E-state index contributed by atoms with van der Waals surface area (Å²) in [6.07, 6.45) is 7.91. The van der Waals surface area contributed by atoms with Crippen molar-refractivity contribution in [2.45, 2.75) is 43.9 Å². The Morgan fingerprint density at radius 1 is 0.857 bits per heavy atom. The van der Waals surface area contributed by atoms with Crippen molar-refractivity contribution >= 4 is 0 Å². The Morgan fingerprint density at radius 2 is 1.46 bits per heavy atom. The second-order valence-corrected chi connectivity index (χ2v) is 9.79. The first-order valence-electron chi connectivity index (χ1n) is 10.7. The van der Waals surface area contributed by atoms with Crippen LogP contribution >= 0.6 is 0 Å². The molecule has 2 heterocycles. The van der Waals surface area contributed by atoms with Crippen molar-refractivity contribution in [3.05, 3.63) is 35.9 Å². The van der Waals surface area contributed by atoms with Crippen LogP contribution < -0.4 is 48.0 Å². The monoisotopic (exact) mass is 614 g/mol. The zero-order valence-electron chi connectivity index (χ0n) is 18.1. The average molecular weight is 614 g/mol. The number of hydrogen-bond acceptors (Lipinski definition) is 1. The van der Waals surface area contributed by atoms with E-state index < -0.39 is 0 Å². The lowest BCUT2D eigenvalue weighted by Crippen LogP contribution is -3.00. The summed E-state index contributed by atoms with van der Waals surface area (Å²) in [6, 6.07) is 11.1. The standard InChI is InChI=1S/C23H40N2O.2HI/c1-24(2)18-13-23(14-19-24,22-11-6-4-7-12-22)21-26-20-10-17-25(3)15-8-5-9-16-25;;/h4,6-7,11-12H,5,8-10,13-21H2,1-3H3;2*1H/q+2;;/p-2. The van der Waals surface area contributed by atoms with Crippen LogP contribution in [0, 0.1) is 0 Å². The molecule has 0 amide bonds. The van der Waals surface area contributed by atoms with Crippen molar-refractivity contribution in [1.29, 1.82) is 0 Å². The van der Waals surface area contributed by atoms with Crippen LogP contribution in [0.15, 0.2) is 30.3 Å². The Bertz CT molecular complexity index is 549. The van der Waals surface area contributed by atoms with E-state index in [1.165, 1.54) is 81.3 Å². The summed E-state index contributed by atoms with van der Waals surface area (Å²) in [7, 11) is 7.16. The summed E-state index contributed by atoms with van der Waals surface area (Å²) in [5, 5.41) is 0. The van der Waals surface area contributed by atoms with Crippen LogP contribution in [0.2, 0.25) is 0 Å². The molecule has 0 radical (unpaired) electrons. The Labute approximate surface area is 207 Å². The van der Waals surface area contributed by atoms with E-state index in [1.54, 1.807) is 0 Å². The van der Waals surface area contributed by atoms with Gasteiger partial charge in [0, 0.05) is 24.7 Å². The number of likely N-dealkylation sites (tertiary alicyclic amines) is 2. The molecular weight excluding hydrogens is 574 g/mol. The second-order valence-electron chi connectivity index (χ2n) is 9.79. The van der Waals surface area contributed by atoms with Gasteiger partial charge in [0.25, 0.3) is 0 Å². The largest absolute Gasteiger partial charge is 1.00 e. The van der Waals surface area contributed by atoms with Gasteiger partial charge in [-0.15, -0.1) is 0 Å². The molecule has 1 aromatic carbocycles. The van der Waals surface area contributed by atoms with Gasteiger partial charge in [0.2, 0.25) is 0 Å². The quantitative estimate of drug-likeness (QED) is 0.194. The highest BCUT2D eigenvalue weighted by Crippen LogP contribution is 2.37. The van der Waals surface area contributed by atoms with E-state index in [0.29, 0.717) is 0 Å². The lowest BCUT2D eigenvalue weighted by atomic mass is 9.73. The van der Waals surface area contributed by atoms with Gasteiger partial charge in [-0.1, -0.05) is 30.3 Å². The summed E-state index contributed by atoms with van der Waals surface area (Å²) in [4.78, 5) is 0. The number of piperidine rings is 2. The number of ether oxygens (including phenoxy) is 1. The van der Waals surface area contributed by atoms with Crippen molar-refractivity contribution < 1.29 is 61.7 Å². The molecule has 0 saturated carbocycles. The SMILES string of the molecule is C[N+]1(C)CCC(COCCC[N+]2(C)CCCCC2)(c2ccccc2)CC1.[I-].[I-]. The highest BCUT2D eigenvalue weighted by atomic mass is 127. The minimum Gasteiger partial charge on any atom is -1.00 e. The fourth-order valence-corrected chi connectivity index (χ4v) is 4.89. The second kappa shape index (κ2) is 11.8. The topological polar surface area (TPSA) is 9.23 Å². The van der Waals surface area contributed by atoms with Gasteiger partial charge in [-0.2, -0.15) is 0 Å². The summed E-state index contributed by atoms with van der Waals surface area (Å²) in [5.41, 5.74) is 1.70. The first-order chi connectivity index (χ1) is 12.4. The number of nitrogens with zero attached hydrogens (tertiary/aromatic N) is 2. The van der Waals surface area contributed by atoms with Gasteiger partial charge in [-0.3, -0.25) is 0 Å². The third-order valence-corrected chi connectivity index (χ3v) is 7.04. The molecule has 1 aromatic rings. The fourth-order valence-electron chi connectivity index (χ4n) is 4.89. The normalized spacial score (nSPS) is 22.5. The maximum atomic E-state index is 6.32. The Balaban J connectivity index is 0.00000196. The first kappa shape index (κ1) is 26.6. The van der Waals surface area contributed by atoms with Crippen LogP contribution in [0.1, 0.15) is 44.1 Å². The Morgan fingerprint density at radius 3 is 2.07 bits per heavy atom. The van der Waals surface area contributed by atoms with E-state index in [1.807, 2.05) is 0 Å². The zero-order chi connectivity index (χ0) is 18.5. The summed E-state index contributed by atoms with van der Waals surface area (Å²) in [5.74, 6) is 0. The van der Waals surface area contributed by atoms with Crippen LogP contribution in [0.3, 0.4) is 0 Å². The summed E-state index contributed by atoms with van der Waals surface area (Å²) >= 11 is 0. The molecule has 0 atom stereocenters. The van der Waals surface area contributed by atoms with Crippen molar-refractivity contribution in [1.82, 2.24) is 0 Å². The Hall–Kier alpha value is 0.560. The van der Waals surface area contributed by atoms with E-state index in [9.17, 15) is 0 Å². The summed E-state index contributed by atoms with van der Waals surface area (Å²) in [6.45, 7) is 8.30. The third kappa shape index (κ3) is 7.36. The molecule has 0 spiro atoms. The van der Waals surface area contributed by atoms with E-state index in [0.717, 1.165) is 17.7 Å². The number of quaternary nitrogens is 2. The van der Waals surface area contributed by atoms with Crippen LogP contribution in [-0.4, -0.2) is 76.0 Å². The molecule has 0 aromatic heterocycles. The lowest BCUT2D eigenvalue weighted by molar-refractivity contribution is -0.914. The van der Waals surface area contributed by atoms with Gasteiger partial charge in [-0.05, 0) is 24.8 Å². The molecule has 3 nitrogen and oxygen atoms in total. The van der Waals surface area contributed by atoms with E-state index >= 15 is 0 Å². The van der Waals surface area contributed by atoms with Crippen LogP contribution in [0.5, 0.6) is 0 Å². The molecule has 162 valence electrons. The van der Waals surface area contributed by atoms with Gasteiger partial charge < -0.3 is 61.7 Å². The third-order valence-electron chi connectivity index (χ3n) is 7.04. The number of benzene rings is 1. The average Bonchev–Trinajstić information content (AvgIpc) is 2.64. The van der Waals surface area contributed by atoms with Gasteiger partial charge in [0.05, 0.1) is 67.1 Å². The molecule has 2 aliphatic rings. The molecule has 2 aliphatic heterocycles. The molecule has 28 heavy (non-hydrogen) atoms. The molecule has 0 N–H and O–H groups in total. The van der Waals surface area contributed by atoms with E-state index in [-0.39, 0.29) is 53.4 Å². The smallest absolute Gasteiger partial charge is 0.0806 e. The number of halogens is 2. The van der Waals surface area contributed by atoms with Crippen LogP contribution in [0.25, 0.3) is 0 Å². The predicted molar refractivity (Wildman–Crippen MR) is 109 cm³/mol. The maximum Gasteiger partial charge on any atom is 0.0806 e. The van der Waals surface area contributed by atoms with Gasteiger partial charge in [0.1, 0.15) is 0 Å². The lowest BCUT2D eigenvalue weighted by Gasteiger charge is -2.45. The molecule has 0 bridgehead atoms. The van der Waals surface area contributed by atoms with Gasteiger partial charge in [-0.25, -0.2) is 0 Å². The molecule has 5 heteroatoms. The summed E-state index contributed by atoms with van der Waals surface area (Å²) < 4.78 is 8.72. The fraction of sp³-hybridized carbons (Fsp3) is 0.739. The van der Waals surface area contributed by atoms with Gasteiger partial charge >= 0.3 is 0 Å². The highest BCUT2D eigenvalue weighted by Gasteiger charge is 2.40. The maximum absolute atomic E-state index is 6.32. The molecule has 2 saturated heterocycles.